The summed E-state index contributed by atoms with van der Waals surface area (Å²) < 4.78 is 39.5. The summed E-state index contributed by atoms with van der Waals surface area (Å²) in [5.74, 6) is 0. The molecule has 0 aliphatic heterocycles. The van der Waals surface area contributed by atoms with Crippen molar-refractivity contribution in [3.05, 3.63) is 40.3 Å². The minimum atomic E-state index is -4.42. The molecule has 3 rings (SSSR count). The van der Waals surface area contributed by atoms with Crippen LogP contribution in [-0.4, -0.2) is 14.8 Å². The molecule has 0 spiro atoms. The Morgan fingerprint density at radius 1 is 1.26 bits per heavy atom. The molecule has 0 aliphatic rings. The van der Waals surface area contributed by atoms with Gasteiger partial charge in [-0.2, -0.15) is 18.3 Å². The van der Waals surface area contributed by atoms with Crippen LogP contribution in [0.25, 0.3) is 21.8 Å². The number of alkyl halides is 3. The van der Waals surface area contributed by atoms with E-state index in [9.17, 15) is 18.0 Å². The third-order valence-corrected chi connectivity index (χ3v) is 2.93. The molecule has 0 aliphatic carbocycles. The summed E-state index contributed by atoms with van der Waals surface area (Å²) in [5.41, 5.74) is -0.673. The predicted molar refractivity (Wildman–Crippen MR) is 63.8 cm³/mol. The lowest BCUT2D eigenvalue weighted by molar-refractivity contribution is -0.137. The molecule has 1 N–H and O–H groups in total. The molecule has 0 saturated carbocycles. The van der Waals surface area contributed by atoms with E-state index < -0.39 is 17.3 Å². The third-order valence-electron chi connectivity index (χ3n) is 2.93. The van der Waals surface area contributed by atoms with E-state index in [0.29, 0.717) is 16.3 Å². The maximum absolute atomic E-state index is 12.7. The van der Waals surface area contributed by atoms with E-state index in [1.54, 1.807) is 7.05 Å². The summed E-state index contributed by atoms with van der Waals surface area (Å²) in [6.45, 7) is 0. The van der Waals surface area contributed by atoms with E-state index in [1.807, 2.05) is 0 Å². The highest BCUT2D eigenvalue weighted by Crippen LogP contribution is 2.32. The molecule has 19 heavy (non-hydrogen) atoms. The van der Waals surface area contributed by atoms with E-state index in [-0.39, 0.29) is 5.52 Å². The van der Waals surface area contributed by atoms with Gasteiger partial charge in [-0.15, -0.1) is 0 Å². The zero-order valence-corrected chi connectivity index (χ0v) is 9.75. The highest BCUT2D eigenvalue weighted by atomic mass is 19.4. The van der Waals surface area contributed by atoms with Crippen molar-refractivity contribution < 1.29 is 13.2 Å². The SMILES string of the molecule is Cn1cc2c(n1)c(=O)[nH]c1ccc(C(F)(F)F)cc12. The van der Waals surface area contributed by atoms with E-state index in [0.717, 1.165) is 12.1 Å². The average molecular weight is 267 g/mol. The largest absolute Gasteiger partial charge is 0.416 e. The van der Waals surface area contributed by atoms with Crippen molar-refractivity contribution in [2.45, 2.75) is 6.18 Å². The van der Waals surface area contributed by atoms with Crippen molar-refractivity contribution >= 4 is 21.8 Å². The number of benzene rings is 1. The van der Waals surface area contributed by atoms with Crippen molar-refractivity contribution in [1.29, 1.82) is 0 Å². The molecule has 2 heterocycles. The van der Waals surface area contributed by atoms with E-state index in [2.05, 4.69) is 10.1 Å². The molecule has 98 valence electrons. The van der Waals surface area contributed by atoms with Gasteiger partial charge in [0.15, 0.2) is 5.52 Å². The van der Waals surface area contributed by atoms with Gasteiger partial charge in [0, 0.05) is 29.5 Å². The molecule has 0 radical (unpaired) electrons. The molecule has 2 aromatic heterocycles. The quantitative estimate of drug-likeness (QED) is 0.680. The van der Waals surface area contributed by atoms with Gasteiger partial charge in [0.1, 0.15) is 0 Å². The molecular weight excluding hydrogens is 259 g/mol. The van der Waals surface area contributed by atoms with E-state index in [4.69, 9.17) is 0 Å². The van der Waals surface area contributed by atoms with Crippen LogP contribution in [0.3, 0.4) is 0 Å². The average Bonchev–Trinajstić information content (AvgIpc) is 2.70. The van der Waals surface area contributed by atoms with Crippen LogP contribution in [0, 0.1) is 0 Å². The Bertz CT molecular complexity index is 845. The molecule has 1 aromatic carbocycles. The Kier molecular flexibility index (Phi) is 2.23. The lowest BCUT2D eigenvalue weighted by Gasteiger charge is -2.07. The van der Waals surface area contributed by atoms with Gasteiger partial charge in [0.2, 0.25) is 0 Å². The zero-order valence-electron chi connectivity index (χ0n) is 9.75. The standard InChI is InChI=1S/C12H8F3N3O/c1-18-5-8-7-4-6(12(13,14)15)2-3-9(7)16-11(19)10(8)17-18/h2-5H,1H3,(H,16,19). The van der Waals surface area contributed by atoms with Crippen LogP contribution < -0.4 is 5.56 Å². The van der Waals surface area contributed by atoms with Gasteiger partial charge < -0.3 is 4.98 Å². The summed E-state index contributed by atoms with van der Waals surface area (Å²) in [5, 5.41) is 4.69. The minimum absolute atomic E-state index is 0.134. The summed E-state index contributed by atoms with van der Waals surface area (Å²) in [4.78, 5) is 14.3. The first-order valence-corrected chi connectivity index (χ1v) is 5.43. The fourth-order valence-electron chi connectivity index (χ4n) is 2.09. The van der Waals surface area contributed by atoms with Crippen LogP contribution in [-0.2, 0) is 13.2 Å². The number of hydrogen-bond donors (Lipinski definition) is 1. The molecule has 4 nitrogen and oxygen atoms in total. The monoisotopic (exact) mass is 267 g/mol. The van der Waals surface area contributed by atoms with Crippen LogP contribution in [0.2, 0.25) is 0 Å². The van der Waals surface area contributed by atoms with Gasteiger partial charge in [-0.1, -0.05) is 0 Å². The van der Waals surface area contributed by atoms with Gasteiger partial charge in [-0.25, -0.2) is 0 Å². The molecular formula is C12H8F3N3O. The second-order valence-corrected chi connectivity index (χ2v) is 4.28. The third kappa shape index (κ3) is 1.78. The molecule has 0 fully saturated rings. The van der Waals surface area contributed by atoms with Crippen LogP contribution in [0.15, 0.2) is 29.2 Å². The van der Waals surface area contributed by atoms with Crippen molar-refractivity contribution in [3.8, 4) is 0 Å². The first-order chi connectivity index (χ1) is 8.86. The molecule has 0 atom stereocenters. The van der Waals surface area contributed by atoms with Crippen molar-refractivity contribution in [3.63, 3.8) is 0 Å². The van der Waals surface area contributed by atoms with Crippen molar-refractivity contribution in [2.24, 2.45) is 7.05 Å². The molecule has 3 aromatic rings. The van der Waals surface area contributed by atoms with E-state index >= 15 is 0 Å². The summed E-state index contributed by atoms with van der Waals surface area (Å²) in [6.07, 6.45) is -2.88. The zero-order chi connectivity index (χ0) is 13.8. The highest BCUT2D eigenvalue weighted by molar-refractivity contribution is 6.03. The van der Waals surface area contributed by atoms with Gasteiger partial charge in [-0.3, -0.25) is 9.48 Å². The number of aryl methyl sites for hydroxylation is 1. The number of fused-ring (bicyclic) bond motifs is 3. The number of halogens is 3. The maximum Gasteiger partial charge on any atom is 0.416 e. The molecule has 0 unspecified atom stereocenters. The Labute approximate surface area is 104 Å². The first kappa shape index (κ1) is 11.8. The number of nitrogens with zero attached hydrogens (tertiary/aromatic N) is 2. The second kappa shape index (κ2) is 3.59. The summed E-state index contributed by atoms with van der Waals surface area (Å²) in [7, 11) is 1.61. The van der Waals surface area contributed by atoms with Crippen LogP contribution >= 0.6 is 0 Å². The first-order valence-electron chi connectivity index (χ1n) is 5.43. The molecule has 7 heteroatoms. The Morgan fingerprint density at radius 3 is 2.68 bits per heavy atom. The van der Waals surface area contributed by atoms with Crippen LogP contribution in [0.4, 0.5) is 13.2 Å². The van der Waals surface area contributed by atoms with Gasteiger partial charge in [-0.05, 0) is 18.2 Å². The number of aromatic nitrogens is 3. The summed E-state index contributed by atoms with van der Waals surface area (Å²) >= 11 is 0. The van der Waals surface area contributed by atoms with Crippen molar-refractivity contribution in [1.82, 2.24) is 14.8 Å². The number of H-pyrrole nitrogens is 1. The van der Waals surface area contributed by atoms with Gasteiger partial charge in [0.25, 0.3) is 5.56 Å². The van der Waals surface area contributed by atoms with Crippen LogP contribution in [0.5, 0.6) is 0 Å². The number of rotatable bonds is 0. The predicted octanol–water partition coefficient (Wildman–Crippen LogP) is 2.43. The van der Waals surface area contributed by atoms with Gasteiger partial charge >= 0.3 is 6.18 Å². The van der Waals surface area contributed by atoms with E-state index in [1.165, 1.54) is 16.9 Å². The van der Waals surface area contributed by atoms with Crippen molar-refractivity contribution in [2.75, 3.05) is 0 Å². The fourth-order valence-corrected chi connectivity index (χ4v) is 2.09. The van der Waals surface area contributed by atoms with Crippen LogP contribution in [0.1, 0.15) is 5.56 Å². The lowest BCUT2D eigenvalue weighted by Crippen LogP contribution is -2.08. The maximum atomic E-state index is 12.7. The number of pyridine rings is 1. The minimum Gasteiger partial charge on any atom is -0.320 e. The summed E-state index contributed by atoms with van der Waals surface area (Å²) in [6, 6.07) is 3.22. The van der Waals surface area contributed by atoms with Gasteiger partial charge in [0.05, 0.1) is 5.56 Å². The highest BCUT2D eigenvalue weighted by Gasteiger charge is 2.30. The molecule has 0 amide bonds. The number of aromatic amines is 1. The number of hydrogen-bond acceptors (Lipinski definition) is 2. The topological polar surface area (TPSA) is 50.7 Å². The number of nitrogens with one attached hydrogen (secondary N) is 1. The Balaban J connectivity index is 2.47. The molecule has 0 saturated heterocycles. The molecule has 0 bridgehead atoms. The lowest BCUT2D eigenvalue weighted by atomic mass is 10.1. The second-order valence-electron chi connectivity index (χ2n) is 4.28. The fraction of sp³-hybridized carbons (Fsp3) is 0.167. The smallest absolute Gasteiger partial charge is 0.320 e. The normalized spacial score (nSPS) is 12.4. The Morgan fingerprint density at radius 2 is 2.00 bits per heavy atom. The Hall–Kier alpha value is -2.31.